The molecule has 24 heavy (non-hydrogen) atoms. The normalized spacial score (nSPS) is 11.0. The zero-order valence-electron chi connectivity index (χ0n) is 14.8. The predicted octanol–water partition coefficient (Wildman–Crippen LogP) is 3.49. The van der Waals surface area contributed by atoms with Gasteiger partial charge in [-0.25, -0.2) is 4.79 Å². The third-order valence-corrected chi connectivity index (χ3v) is 4.55. The van der Waals surface area contributed by atoms with Gasteiger partial charge >= 0.3 is 6.03 Å². The van der Waals surface area contributed by atoms with Crippen LogP contribution in [-0.2, 0) is 13.6 Å². The fraction of sp³-hybridized carbons (Fsp3) is 0.333. The largest absolute Gasteiger partial charge is 0.357 e. The third-order valence-electron chi connectivity index (χ3n) is 4.55. The maximum atomic E-state index is 12.5. The molecular formula is C18H23N5O. The van der Waals surface area contributed by atoms with E-state index in [1.54, 1.807) is 16.6 Å². The zero-order valence-corrected chi connectivity index (χ0v) is 14.8. The highest BCUT2D eigenvalue weighted by atomic mass is 16.2. The van der Waals surface area contributed by atoms with Crippen molar-refractivity contribution in [2.24, 2.45) is 7.05 Å². The molecule has 2 amide bonds. The number of carbonyl (C=O) groups is 1. The van der Waals surface area contributed by atoms with Gasteiger partial charge in [0.1, 0.15) is 0 Å². The first-order valence-electron chi connectivity index (χ1n) is 7.97. The molecule has 6 heteroatoms. The molecule has 0 spiro atoms. The summed E-state index contributed by atoms with van der Waals surface area (Å²) in [6, 6.07) is 8.03. The van der Waals surface area contributed by atoms with E-state index < -0.39 is 0 Å². The van der Waals surface area contributed by atoms with E-state index in [1.165, 1.54) is 10.9 Å². The minimum Gasteiger partial charge on any atom is -0.357 e. The Kier molecular flexibility index (Phi) is 4.05. The lowest BCUT2D eigenvalue weighted by Gasteiger charge is -2.18. The molecule has 126 valence electrons. The molecule has 0 aliphatic heterocycles. The van der Waals surface area contributed by atoms with E-state index in [1.807, 2.05) is 39.1 Å². The number of aryl methyl sites for hydroxylation is 3. The van der Waals surface area contributed by atoms with Crippen LogP contribution in [0.25, 0.3) is 10.9 Å². The van der Waals surface area contributed by atoms with Crippen molar-refractivity contribution in [3.63, 3.8) is 0 Å². The molecule has 0 radical (unpaired) electrons. The SMILES string of the molecule is Cc1nn(C)c(C)c1NC(=O)N(C)Cc1[nH]c2ccccc2c1C. The average molecular weight is 325 g/mol. The molecule has 0 aliphatic carbocycles. The number of fused-ring (bicyclic) bond motifs is 1. The van der Waals surface area contributed by atoms with Gasteiger partial charge < -0.3 is 15.2 Å². The van der Waals surface area contributed by atoms with Crippen molar-refractivity contribution in [1.82, 2.24) is 19.7 Å². The summed E-state index contributed by atoms with van der Waals surface area (Å²) < 4.78 is 1.77. The third kappa shape index (κ3) is 2.75. The lowest BCUT2D eigenvalue weighted by atomic mass is 10.1. The zero-order chi connectivity index (χ0) is 17.4. The van der Waals surface area contributed by atoms with Crippen molar-refractivity contribution in [2.45, 2.75) is 27.3 Å². The number of nitrogens with zero attached hydrogens (tertiary/aromatic N) is 3. The number of amides is 2. The van der Waals surface area contributed by atoms with Crippen molar-refractivity contribution in [2.75, 3.05) is 12.4 Å². The second-order valence-corrected chi connectivity index (χ2v) is 6.23. The van der Waals surface area contributed by atoms with Crippen LogP contribution in [0.15, 0.2) is 24.3 Å². The molecule has 0 fully saturated rings. The lowest BCUT2D eigenvalue weighted by molar-refractivity contribution is 0.220. The van der Waals surface area contributed by atoms with Crippen LogP contribution in [0.2, 0.25) is 0 Å². The number of aromatic nitrogens is 3. The monoisotopic (exact) mass is 325 g/mol. The molecule has 6 nitrogen and oxygen atoms in total. The van der Waals surface area contributed by atoms with Gasteiger partial charge in [-0.05, 0) is 32.4 Å². The van der Waals surface area contributed by atoms with Crippen LogP contribution in [0.3, 0.4) is 0 Å². The summed E-state index contributed by atoms with van der Waals surface area (Å²) in [5, 5.41) is 8.48. The van der Waals surface area contributed by atoms with Gasteiger partial charge in [0.15, 0.2) is 0 Å². The Morgan fingerprint density at radius 1 is 1.29 bits per heavy atom. The Morgan fingerprint density at radius 3 is 2.62 bits per heavy atom. The van der Waals surface area contributed by atoms with Crippen LogP contribution >= 0.6 is 0 Å². The number of urea groups is 1. The summed E-state index contributed by atoms with van der Waals surface area (Å²) in [4.78, 5) is 17.6. The number of aromatic amines is 1. The van der Waals surface area contributed by atoms with Gasteiger partial charge in [-0.1, -0.05) is 18.2 Å². The average Bonchev–Trinajstić information content (AvgIpc) is 2.99. The summed E-state index contributed by atoms with van der Waals surface area (Å²) in [6.07, 6.45) is 0. The van der Waals surface area contributed by atoms with E-state index >= 15 is 0 Å². The van der Waals surface area contributed by atoms with E-state index in [-0.39, 0.29) is 6.03 Å². The molecule has 0 atom stereocenters. The Hall–Kier alpha value is -2.76. The Labute approximate surface area is 141 Å². The maximum Gasteiger partial charge on any atom is 0.322 e. The molecule has 0 saturated heterocycles. The highest BCUT2D eigenvalue weighted by molar-refractivity contribution is 5.90. The van der Waals surface area contributed by atoms with Gasteiger partial charge in [0.2, 0.25) is 0 Å². The second-order valence-electron chi connectivity index (χ2n) is 6.23. The molecule has 3 rings (SSSR count). The van der Waals surface area contributed by atoms with Crippen molar-refractivity contribution in [3.8, 4) is 0 Å². The standard InChI is InChI=1S/C18H23N5O/c1-11-14-8-6-7-9-15(14)19-16(11)10-22(4)18(24)20-17-12(2)21-23(5)13(17)3/h6-9,19H,10H2,1-5H3,(H,20,24). The Morgan fingerprint density at radius 2 is 2.00 bits per heavy atom. The van der Waals surface area contributed by atoms with Gasteiger partial charge in [0.05, 0.1) is 23.6 Å². The summed E-state index contributed by atoms with van der Waals surface area (Å²) in [7, 11) is 3.66. The van der Waals surface area contributed by atoms with E-state index in [0.717, 1.165) is 28.3 Å². The highest BCUT2D eigenvalue weighted by Gasteiger charge is 2.17. The predicted molar refractivity (Wildman–Crippen MR) is 96.2 cm³/mol. The molecule has 0 bridgehead atoms. The number of para-hydroxylation sites is 1. The molecular weight excluding hydrogens is 302 g/mol. The van der Waals surface area contributed by atoms with Crippen LogP contribution in [0.5, 0.6) is 0 Å². The van der Waals surface area contributed by atoms with Gasteiger partial charge in [-0.3, -0.25) is 4.68 Å². The molecule has 0 saturated carbocycles. The van der Waals surface area contributed by atoms with Crippen LogP contribution in [-0.4, -0.2) is 32.7 Å². The molecule has 1 aromatic carbocycles. The maximum absolute atomic E-state index is 12.5. The number of nitrogens with one attached hydrogen (secondary N) is 2. The number of carbonyl (C=O) groups excluding carboxylic acids is 1. The first kappa shape index (κ1) is 16.1. The van der Waals surface area contributed by atoms with Crippen LogP contribution < -0.4 is 5.32 Å². The minimum absolute atomic E-state index is 0.146. The van der Waals surface area contributed by atoms with Crippen molar-refractivity contribution in [3.05, 3.63) is 46.9 Å². The van der Waals surface area contributed by atoms with E-state index in [0.29, 0.717) is 6.54 Å². The van der Waals surface area contributed by atoms with Gasteiger partial charge in [0.25, 0.3) is 0 Å². The van der Waals surface area contributed by atoms with Crippen LogP contribution in [0.1, 0.15) is 22.6 Å². The topological polar surface area (TPSA) is 66.0 Å². The molecule has 2 heterocycles. The molecule has 3 aromatic rings. The van der Waals surface area contributed by atoms with Crippen molar-refractivity contribution < 1.29 is 4.79 Å². The number of hydrogen-bond donors (Lipinski definition) is 2. The van der Waals surface area contributed by atoms with Crippen molar-refractivity contribution >= 4 is 22.6 Å². The number of anilines is 1. The summed E-state index contributed by atoms with van der Waals surface area (Å²) in [5.74, 6) is 0. The summed E-state index contributed by atoms with van der Waals surface area (Å²) in [6.45, 7) is 6.43. The first-order chi connectivity index (χ1) is 11.4. The molecule has 0 aliphatic rings. The number of benzene rings is 1. The Bertz CT molecular complexity index is 906. The van der Waals surface area contributed by atoms with E-state index in [4.69, 9.17) is 0 Å². The number of hydrogen-bond acceptors (Lipinski definition) is 2. The molecule has 2 N–H and O–H groups in total. The van der Waals surface area contributed by atoms with E-state index in [9.17, 15) is 4.79 Å². The minimum atomic E-state index is -0.146. The van der Waals surface area contributed by atoms with Crippen LogP contribution in [0.4, 0.5) is 10.5 Å². The first-order valence-corrected chi connectivity index (χ1v) is 7.97. The molecule has 0 unspecified atom stereocenters. The lowest BCUT2D eigenvalue weighted by Crippen LogP contribution is -2.31. The van der Waals surface area contributed by atoms with Crippen LogP contribution in [0, 0.1) is 20.8 Å². The number of rotatable bonds is 3. The van der Waals surface area contributed by atoms with Crippen molar-refractivity contribution in [1.29, 1.82) is 0 Å². The summed E-state index contributed by atoms with van der Waals surface area (Å²) in [5.41, 5.74) is 5.86. The fourth-order valence-electron chi connectivity index (χ4n) is 2.96. The van der Waals surface area contributed by atoms with E-state index in [2.05, 4.69) is 28.4 Å². The number of H-pyrrole nitrogens is 1. The highest BCUT2D eigenvalue weighted by Crippen LogP contribution is 2.23. The van der Waals surface area contributed by atoms with Gasteiger partial charge in [0, 0.05) is 30.7 Å². The second kappa shape index (κ2) is 6.03. The fourth-order valence-corrected chi connectivity index (χ4v) is 2.96. The summed E-state index contributed by atoms with van der Waals surface area (Å²) >= 11 is 0. The molecule has 2 aromatic heterocycles. The van der Waals surface area contributed by atoms with Gasteiger partial charge in [-0.2, -0.15) is 5.10 Å². The van der Waals surface area contributed by atoms with Gasteiger partial charge in [-0.15, -0.1) is 0 Å². The smallest absolute Gasteiger partial charge is 0.322 e. The Balaban J connectivity index is 1.77. The quantitative estimate of drug-likeness (QED) is 0.774.